The Morgan fingerprint density at radius 3 is 2.41 bits per heavy atom. The van der Waals surface area contributed by atoms with Gasteiger partial charge in [0.1, 0.15) is 5.82 Å². The second-order valence-electron chi connectivity index (χ2n) is 10.2. The minimum absolute atomic E-state index is 0.126. The predicted molar refractivity (Wildman–Crippen MR) is 139 cm³/mol. The molecule has 0 N–H and O–H groups in total. The topological polar surface area (TPSA) is 46.4 Å². The van der Waals surface area contributed by atoms with Crippen LogP contribution >= 0.6 is 0 Å². The van der Waals surface area contributed by atoms with Gasteiger partial charge in [-0.15, -0.1) is 0 Å². The number of hydrogen-bond acceptors (Lipinski definition) is 5. The summed E-state index contributed by atoms with van der Waals surface area (Å²) in [7, 11) is 0. The quantitative estimate of drug-likeness (QED) is 0.264. The highest BCUT2D eigenvalue weighted by molar-refractivity contribution is 6.08. The SMILES string of the molecule is CCN1CCC(OC2CN(c3ncc(-c4ccc5c6cnccc6n(C(F)F)c5c4)cc3C(F)(F)F)C2)CC1. The van der Waals surface area contributed by atoms with Crippen molar-refractivity contribution in [2.75, 3.05) is 37.6 Å². The van der Waals surface area contributed by atoms with E-state index in [0.29, 0.717) is 34.9 Å². The summed E-state index contributed by atoms with van der Waals surface area (Å²) in [5, 5.41) is 1.10. The molecule has 6 rings (SSSR count). The van der Waals surface area contributed by atoms with E-state index in [2.05, 4.69) is 21.8 Å². The highest BCUT2D eigenvalue weighted by atomic mass is 19.4. The summed E-state index contributed by atoms with van der Waals surface area (Å²) in [5.41, 5.74) is 0.243. The number of likely N-dealkylation sites (tertiary alicyclic amines) is 1. The number of halogens is 5. The Balaban J connectivity index is 1.26. The summed E-state index contributed by atoms with van der Waals surface area (Å²) in [5.74, 6) is -0.138. The number of alkyl halides is 5. The number of aromatic nitrogens is 3. The number of benzene rings is 1. The first kappa shape index (κ1) is 25.9. The van der Waals surface area contributed by atoms with Crippen LogP contribution in [0.3, 0.4) is 0 Å². The molecule has 0 radical (unpaired) electrons. The third-order valence-electron chi connectivity index (χ3n) is 7.82. The van der Waals surface area contributed by atoms with E-state index < -0.39 is 18.3 Å². The standard InChI is InChI=1S/C28H28F5N5O/c1-2-36-9-6-19(7-10-36)39-20-15-37(16-20)26-23(28(31,32)33)11-18(13-35-26)17-3-4-21-22-14-34-8-5-24(22)38(27(29)30)25(21)12-17/h3-5,8,11-14,19-20,27H,2,6-7,9-10,15-16H2,1H3. The fourth-order valence-corrected chi connectivity index (χ4v) is 5.69. The van der Waals surface area contributed by atoms with Gasteiger partial charge in [0.15, 0.2) is 0 Å². The van der Waals surface area contributed by atoms with Gasteiger partial charge in [0.05, 0.1) is 28.8 Å². The fourth-order valence-electron chi connectivity index (χ4n) is 5.69. The zero-order chi connectivity index (χ0) is 27.3. The molecule has 0 aliphatic carbocycles. The van der Waals surface area contributed by atoms with Gasteiger partial charge in [-0.2, -0.15) is 22.0 Å². The molecule has 4 aromatic rings. The fraction of sp³-hybridized carbons (Fsp3) is 0.429. The molecule has 0 atom stereocenters. The zero-order valence-corrected chi connectivity index (χ0v) is 21.3. The predicted octanol–water partition coefficient (Wildman–Crippen LogP) is 6.35. The zero-order valence-electron chi connectivity index (χ0n) is 21.3. The van der Waals surface area contributed by atoms with Gasteiger partial charge < -0.3 is 14.5 Å². The molecule has 3 aromatic heterocycles. The van der Waals surface area contributed by atoms with Crippen molar-refractivity contribution < 1.29 is 26.7 Å². The second-order valence-corrected chi connectivity index (χ2v) is 10.2. The van der Waals surface area contributed by atoms with Gasteiger partial charge in [-0.1, -0.05) is 19.1 Å². The number of ether oxygens (including phenoxy) is 1. The van der Waals surface area contributed by atoms with Gasteiger partial charge in [-0.3, -0.25) is 9.55 Å². The Hall–Kier alpha value is -3.31. The lowest BCUT2D eigenvalue weighted by Crippen LogP contribution is -2.55. The number of fused-ring (bicyclic) bond motifs is 3. The maximum Gasteiger partial charge on any atom is 0.419 e. The Morgan fingerprint density at radius 1 is 0.949 bits per heavy atom. The molecule has 5 heterocycles. The van der Waals surface area contributed by atoms with E-state index in [1.54, 1.807) is 17.0 Å². The molecule has 39 heavy (non-hydrogen) atoms. The minimum atomic E-state index is -4.63. The van der Waals surface area contributed by atoms with E-state index in [4.69, 9.17) is 4.74 Å². The molecular formula is C28H28F5N5O. The van der Waals surface area contributed by atoms with Crippen LogP contribution in [0, 0.1) is 0 Å². The first-order chi connectivity index (χ1) is 18.7. The van der Waals surface area contributed by atoms with Gasteiger partial charge in [-0.05, 0) is 43.1 Å². The molecule has 6 nitrogen and oxygen atoms in total. The van der Waals surface area contributed by atoms with Crippen LogP contribution in [0.2, 0.25) is 0 Å². The van der Waals surface area contributed by atoms with E-state index in [0.717, 1.165) is 43.1 Å². The maximum absolute atomic E-state index is 14.2. The van der Waals surface area contributed by atoms with E-state index in [9.17, 15) is 22.0 Å². The first-order valence-corrected chi connectivity index (χ1v) is 13.1. The number of pyridine rings is 2. The van der Waals surface area contributed by atoms with Crippen molar-refractivity contribution in [1.29, 1.82) is 0 Å². The van der Waals surface area contributed by atoms with Crippen molar-refractivity contribution >= 4 is 27.6 Å². The van der Waals surface area contributed by atoms with Crippen molar-refractivity contribution in [3.63, 3.8) is 0 Å². The van der Waals surface area contributed by atoms with Crippen molar-refractivity contribution in [3.8, 4) is 11.1 Å². The lowest BCUT2D eigenvalue weighted by Gasteiger charge is -2.43. The molecule has 0 spiro atoms. The van der Waals surface area contributed by atoms with Crippen LogP contribution in [0.25, 0.3) is 32.9 Å². The summed E-state index contributed by atoms with van der Waals surface area (Å²) in [6.07, 6.45) is 1.53. The smallest absolute Gasteiger partial charge is 0.371 e. The highest BCUT2D eigenvalue weighted by Gasteiger charge is 2.40. The molecule has 2 aliphatic heterocycles. The summed E-state index contributed by atoms with van der Waals surface area (Å²) in [6, 6.07) is 7.29. The maximum atomic E-state index is 14.2. The number of rotatable bonds is 6. The Labute approximate surface area is 222 Å². The largest absolute Gasteiger partial charge is 0.419 e. The third-order valence-corrected chi connectivity index (χ3v) is 7.82. The number of piperidine rings is 1. The summed E-state index contributed by atoms with van der Waals surface area (Å²) < 4.78 is 77.4. The van der Waals surface area contributed by atoms with E-state index >= 15 is 0 Å². The van der Waals surface area contributed by atoms with Crippen LogP contribution < -0.4 is 4.90 Å². The van der Waals surface area contributed by atoms with E-state index in [1.165, 1.54) is 30.7 Å². The molecule has 206 valence electrons. The molecule has 0 amide bonds. The van der Waals surface area contributed by atoms with Crippen LogP contribution in [-0.2, 0) is 10.9 Å². The van der Waals surface area contributed by atoms with Crippen molar-refractivity contribution in [2.45, 2.75) is 44.7 Å². The molecule has 2 saturated heterocycles. The Kier molecular flexibility index (Phi) is 6.66. The van der Waals surface area contributed by atoms with Gasteiger partial charge in [0.2, 0.25) is 0 Å². The number of hydrogen-bond donors (Lipinski definition) is 0. The number of nitrogens with zero attached hydrogens (tertiary/aromatic N) is 5. The third kappa shape index (κ3) is 4.82. The molecule has 1 aromatic carbocycles. The van der Waals surface area contributed by atoms with Gasteiger partial charge in [0, 0.05) is 61.1 Å². The van der Waals surface area contributed by atoms with E-state index in [1.807, 2.05) is 0 Å². The van der Waals surface area contributed by atoms with Crippen LogP contribution in [0.4, 0.5) is 27.8 Å². The van der Waals surface area contributed by atoms with Crippen molar-refractivity contribution in [1.82, 2.24) is 19.4 Å². The van der Waals surface area contributed by atoms with Crippen LogP contribution in [0.15, 0.2) is 48.9 Å². The second kappa shape index (κ2) is 10.0. The minimum Gasteiger partial charge on any atom is -0.371 e. The molecule has 11 heteroatoms. The molecule has 0 bridgehead atoms. The first-order valence-electron chi connectivity index (χ1n) is 13.1. The average molecular weight is 546 g/mol. The Morgan fingerprint density at radius 2 is 1.72 bits per heavy atom. The van der Waals surface area contributed by atoms with Crippen LogP contribution in [0.1, 0.15) is 31.9 Å². The van der Waals surface area contributed by atoms with Crippen molar-refractivity contribution in [2.24, 2.45) is 0 Å². The van der Waals surface area contributed by atoms with Gasteiger partial charge >= 0.3 is 12.7 Å². The molecule has 2 aliphatic rings. The Bertz CT molecular complexity index is 1490. The molecule has 0 saturated carbocycles. The lowest BCUT2D eigenvalue weighted by molar-refractivity contribution is -0.137. The normalized spacial score (nSPS) is 18.0. The summed E-state index contributed by atoms with van der Waals surface area (Å²) >= 11 is 0. The van der Waals surface area contributed by atoms with E-state index in [-0.39, 0.29) is 29.1 Å². The molecule has 0 unspecified atom stereocenters. The van der Waals surface area contributed by atoms with Gasteiger partial charge in [0.25, 0.3) is 0 Å². The molecule has 2 fully saturated rings. The van der Waals surface area contributed by atoms with Gasteiger partial charge in [-0.25, -0.2) is 4.98 Å². The molecular weight excluding hydrogens is 517 g/mol. The summed E-state index contributed by atoms with van der Waals surface area (Å²) in [6.45, 7) is 2.94. The lowest BCUT2D eigenvalue weighted by atomic mass is 10.0. The van der Waals surface area contributed by atoms with Crippen LogP contribution in [0.5, 0.6) is 0 Å². The monoisotopic (exact) mass is 545 g/mol. The summed E-state index contributed by atoms with van der Waals surface area (Å²) in [4.78, 5) is 12.2. The van der Waals surface area contributed by atoms with Crippen molar-refractivity contribution in [3.05, 3.63) is 54.5 Å². The average Bonchev–Trinajstić information content (AvgIpc) is 3.24. The van der Waals surface area contributed by atoms with Crippen LogP contribution in [-0.4, -0.2) is 64.4 Å². The number of anilines is 1. The highest BCUT2D eigenvalue weighted by Crippen LogP contribution is 2.41.